The highest BCUT2D eigenvalue weighted by atomic mass is 35.5. The lowest BCUT2D eigenvalue weighted by molar-refractivity contribution is 0.464. The molecule has 0 bridgehead atoms. The second-order valence-corrected chi connectivity index (χ2v) is 5.18. The molecule has 3 rings (SSSR count). The van der Waals surface area contributed by atoms with E-state index < -0.39 is 0 Å². The van der Waals surface area contributed by atoms with Crippen LogP contribution >= 0.6 is 11.6 Å². The number of aromatic nitrogens is 3. The van der Waals surface area contributed by atoms with Crippen molar-refractivity contribution in [3.63, 3.8) is 0 Å². The maximum atomic E-state index is 9.73. The minimum Gasteiger partial charge on any atom is -0.508 e. The third-order valence-electron chi connectivity index (χ3n) is 3.27. The number of phenolic OH excluding ortho intramolecular Hbond substituents is 1. The maximum absolute atomic E-state index is 9.73. The predicted molar refractivity (Wildman–Crippen MR) is 81.5 cm³/mol. The molecule has 2 aromatic heterocycles. The molecule has 0 amide bonds. The van der Waals surface area contributed by atoms with E-state index in [4.69, 9.17) is 11.6 Å². The fraction of sp³-hybridized carbons (Fsp3) is 0.200. The number of hydrogen-bond acceptors (Lipinski definition) is 4. The minimum atomic E-state index is 0.250. The summed E-state index contributed by atoms with van der Waals surface area (Å²) in [6, 6.07) is 10.9. The van der Waals surface area contributed by atoms with Crippen molar-refractivity contribution in [2.24, 2.45) is 0 Å². The lowest BCUT2D eigenvalue weighted by Crippen LogP contribution is -2.17. The van der Waals surface area contributed by atoms with Gasteiger partial charge in [0.15, 0.2) is 5.65 Å². The van der Waals surface area contributed by atoms with Gasteiger partial charge >= 0.3 is 0 Å². The van der Waals surface area contributed by atoms with Crippen LogP contribution in [0.25, 0.3) is 5.65 Å². The highest BCUT2D eigenvalue weighted by Gasteiger charge is 2.05. The third kappa shape index (κ3) is 3.15. The molecule has 2 N–H and O–H groups in total. The maximum Gasteiger partial charge on any atom is 0.160 e. The van der Waals surface area contributed by atoms with Crippen LogP contribution in [0, 0.1) is 0 Å². The molecule has 108 valence electrons. The summed E-state index contributed by atoms with van der Waals surface area (Å²) < 4.78 is 1.97. The van der Waals surface area contributed by atoms with E-state index in [9.17, 15) is 5.11 Å². The number of nitrogens with one attached hydrogen (secondary N) is 1. The molecule has 0 fully saturated rings. The number of benzene rings is 1. The Morgan fingerprint density at radius 2 is 2.10 bits per heavy atom. The Hall–Kier alpha value is -2.11. The van der Waals surface area contributed by atoms with Crippen LogP contribution in [0.2, 0.25) is 5.02 Å². The standard InChI is InChI=1S/C15H15ClN4O/c16-12-4-5-13(21)11(9-12)10-17-7-6-15-19-18-14-3-1-2-8-20(14)15/h1-5,8-9,17,21H,6-7,10H2. The lowest BCUT2D eigenvalue weighted by atomic mass is 10.2. The molecule has 0 spiro atoms. The Labute approximate surface area is 127 Å². The molecule has 0 aliphatic heterocycles. The Morgan fingerprint density at radius 1 is 1.19 bits per heavy atom. The third-order valence-corrected chi connectivity index (χ3v) is 3.50. The van der Waals surface area contributed by atoms with Gasteiger partial charge in [-0.2, -0.15) is 0 Å². The summed E-state index contributed by atoms with van der Waals surface area (Å²) in [5.41, 5.74) is 1.63. The number of pyridine rings is 1. The molecule has 0 atom stereocenters. The van der Waals surface area contributed by atoms with Crippen LogP contribution in [-0.4, -0.2) is 26.2 Å². The molecule has 3 aromatic rings. The number of nitrogens with zero attached hydrogens (tertiary/aromatic N) is 3. The number of aromatic hydroxyl groups is 1. The van der Waals surface area contributed by atoms with Crippen molar-refractivity contribution in [3.05, 3.63) is 59.0 Å². The van der Waals surface area contributed by atoms with Crippen LogP contribution in [-0.2, 0) is 13.0 Å². The van der Waals surface area contributed by atoms with Gasteiger partial charge in [-0.05, 0) is 30.3 Å². The van der Waals surface area contributed by atoms with Crippen LogP contribution in [0.5, 0.6) is 5.75 Å². The molecule has 21 heavy (non-hydrogen) atoms. The smallest absolute Gasteiger partial charge is 0.160 e. The van der Waals surface area contributed by atoms with Gasteiger partial charge in [-0.15, -0.1) is 10.2 Å². The van der Waals surface area contributed by atoms with Crippen molar-refractivity contribution in [1.82, 2.24) is 19.9 Å². The first kappa shape index (κ1) is 13.9. The molecule has 0 aliphatic rings. The molecular formula is C15H15ClN4O. The van der Waals surface area contributed by atoms with Crippen molar-refractivity contribution in [3.8, 4) is 5.75 Å². The van der Waals surface area contributed by atoms with Gasteiger partial charge in [-0.3, -0.25) is 4.40 Å². The topological polar surface area (TPSA) is 62.5 Å². The zero-order chi connectivity index (χ0) is 14.7. The molecule has 0 radical (unpaired) electrons. The molecule has 2 heterocycles. The Bertz CT molecular complexity index is 756. The average Bonchev–Trinajstić information content (AvgIpc) is 2.90. The normalized spacial score (nSPS) is 11.1. The van der Waals surface area contributed by atoms with E-state index >= 15 is 0 Å². The summed E-state index contributed by atoms with van der Waals surface area (Å²) in [4.78, 5) is 0. The Morgan fingerprint density at radius 3 is 3.00 bits per heavy atom. The van der Waals surface area contributed by atoms with Gasteiger partial charge in [0.2, 0.25) is 0 Å². The predicted octanol–water partition coefficient (Wildman–Crippen LogP) is 2.42. The molecule has 5 nitrogen and oxygen atoms in total. The van der Waals surface area contributed by atoms with Gasteiger partial charge in [0.1, 0.15) is 11.6 Å². The quantitative estimate of drug-likeness (QED) is 0.711. The molecule has 1 aromatic carbocycles. The summed E-state index contributed by atoms with van der Waals surface area (Å²) in [6.07, 6.45) is 2.71. The van der Waals surface area contributed by atoms with E-state index in [2.05, 4.69) is 15.5 Å². The molecule has 0 saturated carbocycles. The Balaban J connectivity index is 1.58. The summed E-state index contributed by atoms with van der Waals surface area (Å²) >= 11 is 5.92. The highest BCUT2D eigenvalue weighted by Crippen LogP contribution is 2.21. The van der Waals surface area contributed by atoms with Crippen molar-refractivity contribution >= 4 is 17.2 Å². The summed E-state index contributed by atoms with van der Waals surface area (Å²) in [5, 5.41) is 21.9. The van der Waals surface area contributed by atoms with Crippen molar-refractivity contribution in [1.29, 1.82) is 0 Å². The minimum absolute atomic E-state index is 0.250. The van der Waals surface area contributed by atoms with Gasteiger partial charge in [-0.1, -0.05) is 17.7 Å². The van der Waals surface area contributed by atoms with E-state index in [0.29, 0.717) is 11.6 Å². The van der Waals surface area contributed by atoms with Crippen LogP contribution in [0.15, 0.2) is 42.6 Å². The average molecular weight is 303 g/mol. The first-order valence-corrected chi connectivity index (χ1v) is 7.08. The van der Waals surface area contributed by atoms with E-state index in [-0.39, 0.29) is 5.75 Å². The molecule has 6 heteroatoms. The second-order valence-electron chi connectivity index (χ2n) is 4.74. The Kier molecular flexibility index (Phi) is 4.03. The molecular weight excluding hydrogens is 288 g/mol. The largest absolute Gasteiger partial charge is 0.508 e. The fourth-order valence-electron chi connectivity index (χ4n) is 2.18. The van der Waals surface area contributed by atoms with E-state index in [0.717, 1.165) is 30.0 Å². The molecule has 0 unspecified atom stereocenters. The number of halogens is 1. The monoisotopic (exact) mass is 302 g/mol. The van der Waals surface area contributed by atoms with E-state index in [1.807, 2.05) is 28.8 Å². The second kappa shape index (κ2) is 6.11. The summed E-state index contributed by atoms with van der Waals surface area (Å²) in [6.45, 7) is 1.30. The zero-order valence-electron chi connectivity index (χ0n) is 11.3. The van der Waals surface area contributed by atoms with Gasteiger partial charge in [0.05, 0.1) is 0 Å². The summed E-state index contributed by atoms with van der Waals surface area (Å²) in [7, 11) is 0. The number of fused-ring (bicyclic) bond motifs is 1. The fourth-order valence-corrected chi connectivity index (χ4v) is 2.38. The summed E-state index contributed by atoms with van der Waals surface area (Å²) in [5.74, 6) is 1.16. The first-order chi connectivity index (χ1) is 10.2. The van der Waals surface area contributed by atoms with Crippen molar-refractivity contribution in [2.75, 3.05) is 6.54 Å². The van der Waals surface area contributed by atoms with Gasteiger partial charge in [0, 0.05) is 36.3 Å². The zero-order valence-corrected chi connectivity index (χ0v) is 12.1. The van der Waals surface area contributed by atoms with Crippen LogP contribution in [0.4, 0.5) is 0 Å². The van der Waals surface area contributed by atoms with Gasteiger partial charge in [-0.25, -0.2) is 0 Å². The van der Waals surface area contributed by atoms with Gasteiger partial charge in [0.25, 0.3) is 0 Å². The number of phenols is 1. The first-order valence-electron chi connectivity index (χ1n) is 6.71. The van der Waals surface area contributed by atoms with Crippen LogP contribution < -0.4 is 5.32 Å². The molecule has 0 saturated heterocycles. The van der Waals surface area contributed by atoms with Crippen molar-refractivity contribution in [2.45, 2.75) is 13.0 Å². The number of rotatable bonds is 5. The highest BCUT2D eigenvalue weighted by molar-refractivity contribution is 6.30. The molecule has 0 aliphatic carbocycles. The van der Waals surface area contributed by atoms with E-state index in [1.54, 1.807) is 18.2 Å². The lowest BCUT2D eigenvalue weighted by Gasteiger charge is -2.07. The van der Waals surface area contributed by atoms with Crippen LogP contribution in [0.3, 0.4) is 0 Å². The van der Waals surface area contributed by atoms with E-state index in [1.165, 1.54) is 0 Å². The number of hydrogen-bond donors (Lipinski definition) is 2. The SMILES string of the molecule is Oc1ccc(Cl)cc1CNCCc1nnc2ccccn12. The van der Waals surface area contributed by atoms with Crippen LogP contribution in [0.1, 0.15) is 11.4 Å². The van der Waals surface area contributed by atoms with Crippen molar-refractivity contribution < 1.29 is 5.11 Å². The van der Waals surface area contributed by atoms with Gasteiger partial charge < -0.3 is 10.4 Å².